The maximum Gasteiger partial charge on any atom is 0.250 e. The second-order valence-electron chi connectivity index (χ2n) is 5.49. The summed E-state index contributed by atoms with van der Waals surface area (Å²) in [6, 6.07) is 10.8. The van der Waals surface area contributed by atoms with Crippen LogP contribution in [0.3, 0.4) is 0 Å². The largest absolute Gasteiger partial charge is 0.493 e. The highest BCUT2D eigenvalue weighted by Gasteiger charge is 2.09. The Hall–Kier alpha value is -1.89. The summed E-state index contributed by atoms with van der Waals surface area (Å²) in [5, 5.41) is 5.33. The van der Waals surface area contributed by atoms with E-state index in [4.69, 9.17) is 32.7 Å². The molecule has 5 nitrogen and oxygen atoms in total. The van der Waals surface area contributed by atoms with E-state index >= 15 is 0 Å². The molecule has 144 valence electrons. The molecule has 0 saturated heterocycles. The molecule has 8 heteroatoms. The molecule has 0 heterocycles. The summed E-state index contributed by atoms with van der Waals surface area (Å²) >= 11 is 13.7. The van der Waals surface area contributed by atoms with E-state index in [1.807, 2.05) is 6.07 Å². The van der Waals surface area contributed by atoms with Crippen molar-refractivity contribution in [3.05, 3.63) is 57.6 Å². The van der Waals surface area contributed by atoms with Crippen LogP contribution in [-0.2, 0) is 10.5 Å². The topological polar surface area (TPSA) is 59.9 Å². The molecule has 0 radical (unpaired) electrons. The first-order valence-electron chi connectivity index (χ1n) is 8.02. The Morgan fingerprint density at radius 1 is 1.11 bits per heavy atom. The number of nitrogens with one attached hydrogen (secondary N) is 1. The molecule has 1 amide bonds. The Morgan fingerprint density at radius 2 is 1.78 bits per heavy atom. The lowest BCUT2D eigenvalue weighted by atomic mass is 10.1. The van der Waals surface area contributed by atoms with Crippen molar-refractivity contribution in [2.45, 2.75) is 12.7 Å². The highest BCUT2D eigenvalue weighted by molar-refractivity contribution is 7.99. The maximum absolute atomic E-state index is 12.0. The molecule has 0 aliphatic rings. The van der Waals surface area contributed by atoms with E-state index in [2.05, 4.69) is 10.5 Å². The Morgan fingerprint density at radius 3 is 2.41 bits per heavy atom. The second kappa shape index (κ2) is 10.4. The number of rotatable bonds is 8. The zero-order valence-electron chi connectivity index (χ0n) is 15.2. The third kappa shape index (κ3) is 6.06. The number of amides is 1. The second-order valence-corrected chi connectivity index (χ2v) is 7.29. The van der Waals surface area contributed by atoms with Crippen LogP contribution in [0.2, 0.25) is 10.0 Å². The summed E-state index contributed by atoms with van der Waals surface area (Å²) in [5.74, 6) is 1.81. The predicted molar refractivity (Wildman–Crippen MR) is 113 cm³/mol. The van der Waals surface area contributed by atoms with Crippen molar-refractivity contribution >= 4 is 46.6 Å². The van der Waals surface area contributed by atoms with Crippen molar-refractivity contribution in [1.29, 1.82) is 0 Å². The van der Waals surface area contributed by atoms with Gasteiger partial charge in [0.15, 0.2) is 11.5 Å². The zero-order valence-corrected chi connectivity index (χ0v) is 17.5. The summed E-state index contributed by atoms with van der Waals surface area (Å²) in [7, 11) is 3.14. The monoisotopic (exact) mass is 426 g/mol. The lowest BCUT2D eigenvalue weighted by molar-refractivity contribution is -0.118. The molecule has 0 fully saturated rings. The molecule has 0 spiro atoms. The molecule has 2 aromatic rings. The first-order valence-corrected chi connectivity index (χ1v) is 9.93. The molecule has 0 unspecified atom stereocenters. The molecule has 2 aromatic carbocycles. The van der Waals surface area contributed by atoms with Crippen LogP contribution in [0.25, 0.3) is 0 Å². The number of hydrazone groups is 1. The van der Waals surface area contributed by atoms with Crippen molar-refractivity contribution < 1.29 is 14.3 Å². The quantitative estimate of drug-likeness (QED) is 0.487. The molecule has 0 aliphatic carbocycles. The van der Waals surface area contributed by atoms with Crippen LogP contribution in [0.1, 0.15) is 18.1 Å². The predicted octanol–water partition coefficient (Wildman–Crippen LogP) is 4.78. The van der Waals surface area contributed by atoms with Gasteiger partial charge >= 0.3 is 0 Å². The van der Waals surface area contributed by atoms with Gasteiger partial charge in [0.05, 0.1) is 25.7 Å². The van der Waals surface area contributed by atoms with Crippen LogP contribution >= 0.6 is 35.0 Å². The normalized spacial score (nSPS) is 11.2. The first kappa shape index (κ1) is 21.4. The number of nitrogens with zero attached hydrogens (tertiary/aromatic N) is 1. The molecule has 0 bridgehead atoms. The highest BCUT2D eigenvalue weighted by atomic mass is 35.5. The third-order valence-corrected chi connectivity index (χ3v) is 5.36. The van der Waals surface area contributed by atoms with Gasteiger partial charge in [-0.1, -0.05) is 29.3 Å². The van der Waals surface area contributed by atoms with Crippen molar-refractivity contribution in [2.24, 2.45) is 5.10 Å². The number of benzene rings is 2. The van der Waals surface area contributed by atoms with Gasteiger partial charge in [0, 0.05) is 21.4 Å². The molecule has 0 aromatic heterocycles. The molecular formula is C19H20Cl2N2O3S. The van der Waals surface area contributed by atoms with Crippen LogP contribution < -0.4 is 14.9 Å². The number of methoxy groups -OCH3 is 2. The minimum absolute atomic E-state index is 0.206. The summed E-state index contributed by atoms with van der Waals surface area (Å²) in [6.45, 7) is 1.80. The van der Waals surface area contributed by atoms with Crippen LogP contribution in [-0.4, -0.2) is 31.6 Å². The van der Waals surface area contributed by atoms with Gasteiger partial charge in [-0.05, 0) is 42.8 Å². The third-order valence-electron chi connectivity index (χ3n) is 3.69. The Labute approximate surface area is 173 Å². The lowest BCUT2D eigenvalue weighted by Crippen LogP contribution is -2.21. The van der Waals surface area contributed by atoms with Gasteiger partial charge in [-0.25, -0.2) is 5.43 Å². The first-order chi connectivity index (χ1) is 13.0. The number of carbonyl (C=O) groups is 1. The number of halogens is 2. The molecular weight excluding hydrogens is 407 g/mol. The lowest BCUT2D eigenvalue weighted by Gasteiger charge is -2.09. The molecule has 0 saturated carbocycles. The Kier molecular flexibility index (Phi) is 8.28. The van der Waals surface area contributed by atoms with E-state index < -0.39 is 0 Å². The summed E-state index contributed by atoms with van der Waals surface area (Å²) in [6.07, 6.45) is 0. The summed E-state index contributed by atoms with van der Waals surface area (Å²) < 4.78 is 10.5. The molecule has 0 atom stereocenters. The van der Waals surface area contributed by atoms with Crippen molar-refractivity contribution in [1.82, 2.24) is 5.43 Å². The Balaban J connectivity index is 1.90. The van der Waals surface area contributed by atoms with Gasteiger partial charge in [0.1, 0.15) is 0 Å². The fourth-order valence-corrected chi connectivity index (χ4v) is 3.78. The van der Waals surface area contributed by atoms with E-state index in [0.29, 0.717) is 33.0 Å². The van der Waals surface area contributed by atoms with Gasteiger partial charge < -0.3 is 9.47 Å². The number of carbonyl (C=O) groups excluding carboxylic acids is 1. The van der Waals surface area contributed by atoms with E-state index in [-0.39, 0.29) is 11.7 Å². The Bertz CT molecular complexity index is 823. The average molecular weight is 427 g/mol. The minimum atomic E-state index is -0.206. The number of thioether (sulfide) groups is 1. The van der Waals surface area contributed by atoms with Gasteiger partial charge in [-0.15, -0.1) is 11.8 Å². The van der Waals surface area contributed by atoms with Crippen molar-refractivity contribution in [3.63, 3.8) is 0 Å². The number of hydrogen-bond donors (Lipinski definition) is 1. The van der Waals surface area contributed by atoms with E-state index in [0.717, 1.165) is 11.1 Å². The standard InChI is InChI=1S/C19H20Cl2N2O3S/c1-12(13-7-8-17(25-2)18(9-13)26-3)22-23-19(24)11-27-10-14-15(20)5-4-6-16(14)21/h4-9H,10-11H2,1-3H3,(H,23,24)/b22-12-. The number of ether oxygens (including phenoxy) is 2. The molecule has 27 heavy (non-hydrogen) atoms. The van der Waals surface area contributed by atoms with Gasteiger partial charge in [-0.3, -0.25) is 4.79 Å². The van der Waals surface area contributed by atoms with E-state index in [1.165, 1.54) is 11.8 Å². The fraction of sp³-hybridized carbons (Fsp3) is 0.263. The SMILES string of the molecule is COc1ccc(/C(C)=N\NC(=O)CSCc2c(Cl)cccc2Cl)cc1OC. The molecule has 1 N–H and O–H groups in total. The maximum atomic E-state index is 12.0. The minimum Gasteiger partial charge on any atom is -0.493 e. The van der Waals surface area contributed by atoms with Crippen LogP contribution in [0, 0.1) is 0 Å². The van der Waals surface area contributed by atoms with Gasteiger partial charge in [0.2, 0.25) is 5.91 Å². The van der Waals surface area contributed by atoms with Crippen LogP contribution in [0.4, 0.5) is 0 Å². The van der Waals surface area contributed by atoms with Crippen molar-refractivity contribution in [3.8, 4) is 11.5 Å². The van der Waals surface area contributed by atoms with E-state index in [1.54, 1.807) is 51.5 Å². The molecule has 0 aliphatic heterocycles. The summed E-state index contributed by atoms with van der Waals surface area (Å²) in [4.78, 5) is 12.0. The number of hydrogen-bond acceptors (Lipinski definition) is 5. The van der Waals surface area contributed by atoms with Crippen molar-refractivity contribution in [2.75, 3.05) is 20.0 Å². The van der Waals surface area contributed by atoms with Crippen LogP contribution in [0.5, 0.6) is 11.5 Å². The highest BCUT2D eigenvalue weighted by Crippen LogP contribution is 2.28. The van der Waals surface area contributed by atoms with E-state index in [9.17, 15) is 4.79 Å². The molecule has 2 rings (SSSR count). The smallest absolute Gasteiger partial charge is 0.250 e. The zero-order chi connectivity index (χ0) is 19.8. The summed E-state index contributed by atoms with van der Waals surface area (Å²) in [5.41, 5.74) is 4.85. The average Bonchev–Trinajstić information content (AvgIpc) is 2.67. The van der Waals surface area contributed by atoms with Gasteiger partial charge in [-0.2, -0.15) is 5.10 Å². The van der Waals surface area contributed by atoms with Crippen LogP contribution in [0.15, 0.2) is 41.5 Å². The van der Waals surface area contributed by atoms with Gasteiger partial charge in [0.25, 0.3) is 0 Å². The fourth-order valence-electron chi connectivity index (χ4n) is 2.22.